The highest BCUT2D eigenvalue weighted by Gasteiger charge is 2.17. The summed E-state index contributed by atoms with van der Waals surface area (Å²) in [6.07, 6.45) is 2.03. The smallest absolute Gasteiger partial charge is 0.335 e. The summed E-state index contributed by atoms with van der Waals surface area (Å²) in [6, 6.07) is 44.9. The third-order valence-corrected chi connectivity index (χ3v) is 19.1. The van der Waals surface area contributed by atoms with Crippen molar-refractivity contribution in [3.8, 4) is 78.0 Å². The van der Waals surface area contributed by atoms with Gasteiger partial charge in [-0.2, -0.15) is 36.8 Å². The first kappa shape index (κ1) is 87.2. The van der Waals surface area contributed by atoms with Crippen molar-refractivity contribution in [3.05, 3.63) is 211 Å². The quantitative estimate of drug-likeness (QED) is 0.00938. The fourth-order valence-electron chi connectivity index (χ4n) is 8.91. The first-order valence-corrected chi connectivity index (χ1v) is 37.4. The Kier molecular flexibility index (Phi) is 34.1. The lowest BCUT2D eigenvalue weighted by Gasteiger charge is -2.00. The zero-order valence-corrected chi connectivity index (χ0v) is 63.7. The third kappa shape index (κ3) is 29.1. The molecule has 6 heterocycles. The number of amidine groups is 2. The average Bonchev–Trinajstić information content (AvgIpc) is 1.58. The second-order valence-corrected chi connectivity index (χ2v) is 27.5. The molecule has 6 aromatic heterocycles. The highest BCUT2D eigenvalue weighted by atomic mass is 32.1. The predicted octanol–water partition coefficient (Wildman–Crippen LogP) is 10.7. The number of carbonyl (C=O) groups is 8. The van der Waals surface area contributed by atoms with Crippen molar-refractivity contribution in [2.45, 2.75) is 77.0 Å². The normalized spacial score (nSPS) is 10.6. The number of rotatable bonds is 28. The molecule has 0 amide bonds. The molecular weight excluding hydrogens is 1600 g/mol. The summed E-state index contributed by atoms with van der Waals surface area (Å²) in [7, 11) is 0. The van der Waals surface area contributed by atoms with Crippen LogP contribution in [0.2, 0.25) is 0 Å². The van der Waals surface area contributed by atoms with E-state index in [2.05, 4.69) is 78.6 Å². The summed E-state index contributed by atoms with van der Waals surface area (Å²) >= 11 is 7.02. The second kappa shape index (κ2) is 44.6. The Balaban J connectivity index is 0.000000190. The summed E-state index contributed by atoms with van der Waals surface area (Å²) in [5, 5.41) is 114. The summed E-state index contributed by atoms with van der Waals surface area (Å²) in [5.41, 5.74) is 18.0. The third-order valence-electron chi connectivity index (χ3n) is 14.4. The largest absolute Gasteiger partial charge is 0.481 e. The average molecular weight is 1660 g/mol. The first-order chi connectivity index (χ1) is 54.7. The van der Waals surface area contributed by atoms with Crippen molar-refractivity contribution in [1.82, 2.24) is 56.1 Å². The number of nitrogens with zero attached hydrogens (tertiary/aromatic N) is 16. The molecule has 114 heavy (non-hydrogen) atoms. The van der Waals surface area contributed by atoms with E-state index in [0.717, 1.165) is 45.3 Å². The summed E-state index contributed by atoms with van der Waals surface area (Å²) < 4.78 is 24.7. The molecule has 0 atom stereocenters. The minimum atomic E-state index is -1.01. The lowest BCUT2D eigenvalue weighted by molar-refractivity contribution is -0.138. The van der Waals surface area contributed by atoms with Gasteiger partial charge in [0.1, 0.15) is 47.5 Å². The Morgan fingerprint density at radius 3 is 0.886 bits per heavy atom. The van der Waals surface area contributed by atoms with E-state index < -0.39 is 47.8 Å². The number of carboxylic acid groups (broad SMARTS) is 8. The predicted molar refractivity (Wildman–Crippen MR) is 416 cm³/mol. The first-order valence-electron chi connectivity index (χ1n) is 32.8. The van der Waals surface area contributed by atoms with Gasteiger partial charge in [-0.15, -0.1) is 0 Å². The number of hydrogen-bond donors (Lipinski definition) is 12. The van der Waals surface area contributed by atoms with Crippen LogP contribution in [0.1, 0.15) is 114 Å². The van der Waals surface area contributed by atoms with Gasteiger partial charge < -0.3 is 62.7 Å². The van der Waals surface area contributed by atoms with Crippen LogP contribution in [0.3, 0.4) is 0 Å². The van der Waals surface area contributed by atoms with Gasteiger partial charge >= 0.3 is 47.8 Å². The topological polar surface area (TPSA) is 618 Å². The van der Waals surface area contributed by atoms with Gasteiger partial charge in [0.25, 0.3) is 0 Å². The van der Waals surface area contributed by atoms with Gasteiger partial charge in [0.05, 0.1) is 72.9 Å². The van der Waals surface area contributed by atoms with Gasteiger partial charge in [-0.1, -0.05) is 95.2 Å². The maximum atomic E-state index is 10.9. The van der Waals surface area contributed by atoms with Gasteiger partial charge in [-0.25, -0.2) is 39.5 Å². The molecule has 0 radical (unpaired) electrons. The van der Waals surface area contributed by atoms with E-state index in [1.807, 2.05) is 18.2 Å². The number of hydrogen-bond acceptors (Lipinski definition) is 32. The number of carboxylic acids is 8. The molecule has 0 saturated carbocycles. The van der Waals surface area contributed by atoms with E-state index >= 15 is 0 Å². The van der Waals surface area contributed by atoms with E-state index in [-0.39, 0.29) is 67.7 Å². The minimum absolute atomic E-state index is 0.000329. The van der Waals surface area contributed by atoms with E-state index in [0.29, 0.717) is 130 Å². The number of oxime groups is 2. The van der Waals surface area contributed by atoms with Crippen molar-refractivity contribution in [3.63, 3.8) is 0 Å². The molecule has 14 N–H and O–H groups in total. The van der Waals surface area contributed by atoms with Crippen molar-refractivity contribution in [2.24, 2.45) is 21.8 Å². The molecule has 12 aromatic rings. The van der Waals surface area contributed by atoms with Gasteiger partial charge in [0.15, 0.2) is 29.1 Å². The number of benzene rings is 6. The van der Waals surface area contributed by atoms with Crippen molar-refractivity contribution in [1.29, 1.82) is 10.5 Å². The van der Waals surface area contributed by atoms with E-state index in [9.17, 15) is 38.4 Å². The van der Waals surface area contributed by atoms with Crippen LogP contribution in [0, 0.1) is 22.7 Å². The molecule has 0 bridgehead atoms. The molecular formula is C72H62N18O18S6. The Morgan fingerprint density at radius 2 is 0.579 bits per heavy atom. The van der Waals surface area contributed by atoms with Crippen LogP contribution < -0.4 is 11.5 Å². The highest BCUT2D eigenvalue weighted by molar-refractivity contribution is 7.09. The van der Waals surface area contributed by atoms with E-state index in [4.69, 9.17) is 73.3 Å². The van der Waals surface area contributed by atoms with Crippen LogP contribution >= 0.6 is 69.2 Å². The van der Waals surface area contributed by atoms with Crippen molar-refractivity contribution in [2.75, 3.05) is 0 Å². The molecule has 0 aliphatic heterocycles. The molecule has 36 nitrogen and oxygen atoms in total. The summed E-state index contributed by atoms with van der Waals surface area (Å²) in [6.45, 7) is 0. The van der Waals surface area contributed by atoms with Crippen LogP contribution in [0.15, 0.2) is 156 Å². The van der Waals surface area contributed by atoms with E-state index in [1.165, 1.54) is 70.4 Å². The second-order valence-electron chi connectivity index (χ2n) is 22.7. The molecule has 42 heteroatoms. The fourth-order valence-corrected chi connectivity index (χ4v) is 13.0. The molecule has 0 unspecified atom stereocenters. The zero-order valence-electron chi connectivity index (χ0n) is 58.8. The fraction of sp³-hybridized carbons (Fsp3) is 0.167. The highest BCUT2D eigenvalue weighted by Crippen LogP contribution is 2.28. The van der Waals surface area contributed by atoms with Crippen LogP contribution in [-0.4, -0.2) is 167 Å². The lowest BCUT2D eigenvalue weighted by Crippen LogP contribution is -2.12. The molecule has 0 spiro atoms. The van der Waals surface area contributed by atoms with E-state index in [1.54, 1.807) is 103 Å². The van der Waals surface area contributed by atoms with Gasteiger partial charge in [-0.3, -0.25) is 28.8 Å². The number of nitriles is 2. The molecule has 0 fully saturated rings. The van der Waals surface area contributed by atoms with Crippen LogP contribution in [0.5, 0.6) is 0 Å². The minimum Gasteiger partial charge on any atom is -0.481 e. The SMILES string of the molecule is N#Cc1cccc(-c2nc(CCC(=O)O)ns2)c1.N#Cc1cccc(-c2nsc(CCC(=O)O)n2)c1.N/C(=N\O)c1cccc(-c2nc(CCC(=O)O)ns2)c1.N/C(=N\O)c1cccc(-c2nsc(CCC(=O)O)n2)c1.O=C(O)CCc1nc(-c2cccc(C(=O)O)c2)ns1.O=C(O)CCc1nsc(-c2cccc(C(=O)O)c2)n1. The Hall–Kier alpha value is -14.0. The van der Waals surface area contributed by atoms with Gasteiger partial charge in [-0.05, 0) is 130 Å². The summed E-state index contributed by atoms with van der Waals surface area (Å²) in [4.78, 5) is 110. The monoisotopic (exact) mass is 1660 g/mol. The standard InChI is InChI=1S/2C12H12N4O3S.2C12H9N3O2S.2C12H10N2O4S/c13-11(15-19)7-2-1-3-8(6-7)12-14-9(20-16-12)4-5-10(17)18;13-11(15-19)7-2-1-3-8(6-7)12-14-9(16-20-12)4-5-10(17)18;13-7-8-2-1-3-9(6-8)12-14-10(18-15-12)4-5-11(16)17;13-7-8-2-1-3-9(6-8)12-14-10(15-18-12)4-5-11(16)17;15-10(16)5-4-9-13-11(14-19-9)7-2-1-3-8(6-7)12(17)18;15-10(16)5-4-9-13-11(19-14-9)7-2-1-3-8(6-7)12(17)18/h2*1-3,6,19H,4-5H2,(H2,13,15)(H,17,18);2*1-3,6H,4-5H2,(H,16,17);2*1-3,6H,4-5H2,(H,15,16)(H,17,18). The van der Waals surface area contributed by atoms with Gasteiger partial charge in [0.2, 0.25) is 0 Å². The van der Waals surface area contributed by atoms with Crippen molar-refractivity contribution < 1.29 is 89.6 Å². The Bertz CT molecular complexity index is 5180. The molecule has 0 aliphatic rings. The lowest BCUT2D eigenvalue weighted by atomic mass is 10.1. The van der Waals surface area contributed by atoms with Crippen LogP contribution in [0.25, 0.3) is 65.9 Å². The Labute approximate surface area is 669 Å². The maximum Gasteiger partial charge on any atom is 0.335 e. The number of aliphatic carboxylic acids is 6. The summed E-state index contributed by atoms with van der Waals surface area (Å²) in [5.74, 6) is -4.27. The van der Waals surface area contributed by atoms with Crippen molar-refractivity contribution >= 4 is 129 Å². The molecule has 0 saturated heterocycles. The number of nitrogens with two attached hydrogens (primary N) is 2. The van der Waals surface area contributed by atoms with Crippen LogP contribution in [0.4, 0.5) is 0 Å². The molecule has 0 aliphatic carbocycles. The number of aromatic carboxylic acids is 2. The molecule has 584 valence electrons. The zero-order chi connectivity index (χ0) is 82.6. The van der Waals surface area contributed by atoms with Gasteiger partial charge in [0, 0.05) is 83.0 Å². The Morgan fingerprint density at radius 1 is 0.325 bits per heavy atom. The molecule has 12 rings (SSSR count). The maximum absolute atomic E-state index is 10.9. The number of aromatic nitrogens is 12. The van der Waals surface area contributed by atoms with Crippen LogP contribution in [-0.2, 0) is 67.3 Å². The molecule has 6 aromatic carbocycles. The number of aryl methyl sites for hydroxylation is 6.